The smallest absolute Gasteiger partial charge is 0.0926 e. The second-order valence-electron chi connectivity index (χ2n) is 3.80. The number of nitrogens with two attached hydrogens (primary N) is 1. The van der Waals surface area contributed by atoms with E-state index in [1.807, 2.05) is 23.9 Å². The lowest BCUT2D eigenvalue weighted by Gasteiger charge is -2.10. The van der Waals surface area contributed by atoms with E-state index in [1.54, 1.807) is 0 Å². The average Bonchev–Trinajstić information content (AvgIpc) is 2.92. The van der Waals surface area contributed by atoms with Crippen LogP contribution in [0.5, 0.6) is 0 Å². The minimum absolute atomic E-state index is 0.187. The topological polar surface area (TPSA) is 69.6 Å². The molecule has 0 saturated carbocycles. The van der Waals surface area contributed by atoms with Crippen molar-refractivity contribution in [3.8, 4) is 0 Å². The Hall–Kier alpha value is -0.980. The normalized spacial score (nSPS) is 12.9. The van der Waals surface area contributed by atoms with Gasteiger partial charge in [-0.15, -0.1) is 5.10 Å². The Kier molecular flexibility index (Phi) is 3.76. The summed E-state index contributed by atoms with van der Waals surface area (Å²) in [6, 6.07) is -0.187. The van der Waals surface area contributed by atoms with E-state index in [-0.39, 0.29) is 6.04 Å². The summed E-state index contributed by atoms with van der Waals surface area (Å²) in [7, 11) is 0. The highest BCUT2D eigenvalue weighted by Gasteiger charge is 2.18. The fourth-order valence-electron chi connectivity index (χ4n) is 1.71. The molecule has 1 atom stereocenters. The van der Waals surface area contributed by atoms with E-state index < -0.39 is 0 Å². The van der Waals surface area contributed by atoms with Gasteiger partial charge in [-0.1, -0.05) is 16.1 Å². The van der Waals surface area contributed by atoms with Crippen molar-refractivity contribution < 1.29 is 0 Å². The van der Waals surface area contributed by atoms with Crippen molar-refractivity contribution >= 4 is 23.1 Å². The third kappa shape index (κ3) is 2.48. The van der Waals surface area contributed by atoms with Crippen molar-refractivity contribution in [2.45, 2.75) is 32.9 Å². The van der Waals surface area contributed by atoms with E-state index in [0.29, 0.717) is 11.4 Å². The minimum atomic E-state index is -0.187. The zero-order valence-electron chi connectivity index (χ0n) is 9.72. The lowest BCUT2D eigenvalue weighted by molar-refractivity contribution is 0.581. The Balaban J connectivity index is 2.24. The highest BCUT2D eigenvalue weighted by Crippen LogP contribution is 2.24. The molecule has 1 unspecified atom stereocenters. The number of aromatic nitrogens is 4. The summed E-state index contributed by atoms with van der Waals surface area (Å²) < 4.78 is 5.70. The van der Waals surface area contributed by atoms with Gasteiger partial charge >= 0.3 is 0 Å². The zero-order valence-corrected chi connectivity index (χ0v) is 11.3. The molecule has 0 amide bonds. The maximum atomic E-state index is 6.23. The van der Waals surface area contributed by atoms with Crippen LogP contribution in [0.3, 0.4) is 0 Å². The number of nitrogens with zero attached hydrogens (tertiary/aromatic N) is 4. The molecule has 17 heavy (non-hydrogen) atoms. The van der Waals surface area contributed by atoms with Crippen molar-refractivity contribution in [2.24, 2.45) is 5.73 Å². The Labute approximate surface area is 109 Å². The summed E-state index contributed by atoms with van der Waals surface area (Å²) in [5, 5.41) is 10.9. The molecule has 0 fully saturated rings. The van der Waals surface area contributed by atoms with Gasteiger partial charge in [0.15, 0.2) is 0 Å². The molecule has 2 aromatic rings. The molecular weight excluding hydrogens is 258 g/mol. The van der Waals surface area contributed by atoms with Gasteiger partial charge in [0.05, 0.1) is 28.1 Å². The number of hydrogen-bond acceptors (Lipinski definition) is 5. The van der Waals surface area contributed by atoms with Gasteiger partial charge in [-0.25, -0.2) is 0 Å². The molecule has 0 aromatic carbocycles. The van der Waals surface area contributed by atoms with Crippen LogP contribution in [0, 0.1) is 6.92 Å². The molecule has 7 heteroatoms. The quantitative estimate of drug-likeness (QED) is 0.923. The van der Waals surface area contributed by atoms with Crippen LogP contribution in [0.4, 0.5) is 0 Å². The molecule has 5 nitrogen and oxygen atoms in total. The molecule has 0 spiro atoms. The van der Waals surface area contributed by atoms with Crippen LogP contribution < -0.4 is 5.73 Å². The predicted molar refractivity (Wildman–Crippen MR) is 68.2 cm³/mol. The lowest BCUT2D eigenvalue weighted by Crippen LogP contribution is -2.16. The van der Waals surface area contributed by atoms with Gasteiger partial charge in [0.1, 0.15) is 0 Å². The molecule has 0 aliphatic rings. The van der Waals surface area contributed by atoms with Gasteiger partial charge in [0.25, 0.3) is 0 Å². The van der Waals surface area contributed by atoms with E-state index in [0.717, 1.165) is 23.6 Å². The first-order valence-corrected chi connectivity index (χ1v) is 6.59. The summed E-state index contributed by atoms with van der Waals surface area (Å²) in [6.45, 7) is 4.71. The number of aryl methyl sites for hydroxylation is 2. The van der Waals surface area contributed by atoms with Crippen molar-refractivity contribution in [3.63, 3.8) is 0 Å². The Morgan fingerprint density at radius 1 is 1.59 bits per heavy atom. The highest BCUT2D eigenvalue weighted by atomic mass is 35.5. The van der Waals surface area contributed by atoms with E-state index in [2.05, 4.69) is 14.7 Å². The molecule has 92 valence electrons. The molecule has 2 N–H and O–H groups in total. The minimum Gasteiger partial charge on any atom is -0.322 e. The maximum Gasteiger partial charge on any atom is 0.0926 e. The van der Waals surface area contributed by atoms with Gasteiger partial charge in [0.2, 0.25) is 0 Å². The van der Waals surface area contributed by atoms with Crippen molar-refractivity contribution in [3.05, 3.63) is 27.5 Å². The Morgan fingerprint density at radius 3 is 2.94 bits per heavy atom. The van der Waals surface area contributed by atoms with Crippen LogP contribution in [0.1, 0.15) is 30.0 Å². The van der Waals surface area contributed by atoms with Gasteiger partial charge < -0.3 is 5.73 Å². The lowest BCUT2D eigenvalue weighted by atomic mass is 10.1. The first-order valence-electron chi connectivity index (χ1n) is 5.37. The molecule has 0 radical (unpaired) electrons. The summed E-state index contributed by atoms with van der Waals surface area (Å²) in [6.07, 6.45) is 0.624. The number of halogens is 1. The molecule has 2 heterocycles. The molecular formula is C10H14ClN5S. The van der Waals surface area contributed by atoms with E-state index in [4.69, 9.17) is 17.3 Å². The number of hydrogen-bond donors (Lipinski definition) is 1. The van der Waals surface area contributed by atoms with Crippen molar-refractivity contribution in [2.75, 3.05) is 0 Å². The second-order valence-corrected chi connectivity index (χ2v) is 4.79. The standard InChI is InChI=1S/C10H14ClN5S/c1-3-16-9(10(11)6(2)14-16)4-7(12)8-5-17-15-13-8/h5,7H,3-4,12H2,1-2H3. The molecule has 0 aliphatic carbocycles. The summed E-state index contributed by atoms with van der Waals surface area (Å²) in [5.74, 6) is 0. The van der Waals surface area contributed by atoms with Gasteiger partial charge in [-0.05, 0) is 25.4 Å². The third-order valence-electron chi connectivity index (χ3n) is 2.62. The second kappa shape index (κ2) is 5.12. The molecule has 0 bridgehead atoms. The zero-order chi connectivity index (χ0) is 12.4. The van der Waals surface area contributed by atoms with E-state index >= 15 is 0 Å². The molecule has 0 aliphatic heterocycles. The highest BCUT2D eigenvalue weighted by molar-refractivity contribution is 7.03. The SMILES string of the molecule is CCn1nc(C)c(Cl)c1CC(N)c1csnn1. The van der Waals surface area contributed by atoms with Crippen LogP contribution >= 0.6 is 23.1 Å². The third-order valence-corrected chi connectivity index (χ3v) is 3.64. The molecule has 2 rings (SSSR count). The summed E-state index contributed by atoms with van der Waals surface area (Å²) in [5.41, 5.74) is 8.68. The summed E-state index contributed by atoms with van der Waals surface area (Å²) in [4.78, 5) is 0. The van der Waals surface area contributed by atoms with Gasteiger partial charge in [-0.2, -0.15) is 5.10 Å². The number of rotatable bonds is 4. The Bertz CT molecular complexity index is 493. The van der Waals surface area contributed by atoms with Gasteiger partial charge in [0, 0.05) is 18.3 Å². The predicted octanol–water partition coefficient (Wildman–Crippen LogP) is 1.96. The largest absolute Gasteiger partial charge is 0.322 e. The Morgan fingerprint density at radius 2 is 2.35 bits per heavy atom. The molecule has 0 saturated heterocycles. The van der Waals surface area contributed by atoms with E-state index in [1.165, 1.54) is 11.5 Å². The van der Waals surface area contributed by atoms with Crippen LogP contribution in [0.2, 0.25) is 5.02 Å². The van der Waals surface area contributed by atoms with Crippen molar-refractivity contribution in [1.82, 2.24) is 19.4 Å². The fraction of sp³-hybridized carbons (Fsp3) is 0.500. The average molecular weight is 272 g/mol. The van der Waals surface area contributed by atoms with Crippen molar-refractivity contribution in [1.29, 1.82) is 0 Å². The summed E-state index contributed by atoms with van der Waals surface area (Å²) >= 11 is 7.53. The van der Waals surface area contributed by atoms with E-state index in [9.17, 15) is 0 Å². The van der Waals surface area contributed by atoms with Crippen LogP contribution in [-0.2, 0) is 13.0 Å². The van der Waals surface area contributed by atoms with Crippen LogP contribution in [-0.4, -0.2) is 19.4 Å². The van der Waals surface area contributed by atoms with Crippen LogP contribution in [0.25, 0.3) is 0 Å². The maximum absolute atomic E-state index is 6.23. The fourth-order valence-corrected chi connectivity index (χ4v) is 2.44. The van der Waals surface area contributed by atoms with Gasteiger partial charge in [-0.3, -0.25) is 4.68 Å². The van der Waals surface area contributed by atoms with Crippen LogP contribution in [0.15, 0.2) is 5.38 Å². The first-order chi connectivity index (χ1) is 8.13. The molecule has 2 aromatic heterocycles. The monoisotopic (exact) mass is 271 g/mol. The first kappa shape index (κ1) is 12.5.